The van der Waals surface area contributed by atoms with Gasteiger partial charge in [0.1, 0.15) is 0 Å². The van der Waals surface area contributed by atoms with Gasteiger partial charge in [-0.15, -0.1) is 0 Å². The van der Waals surface area contributed by atoms with Crippen molar-refractivity contribution in [3.05, 3.63) is 47.5 Å². The molecule has 5 heteroatoms. The predicted molar refractivity (Wildman–Crippen MR) is 85.3 cm³/mol. The van der Waals surface area contributed by atoms with Crippen LogP contribution >= 0.6 is 0 Å². The number of carbonyl (C=O) groups is 2. The molecule has 2 bridgehead atoms. The van der Waals surface area contributed by atoms with E-state index in [-0.39, 0.29) is 35.5 Å². The van der Waals surface area contributed by atoms with E-state index >= 15 is 0 Å². The lowest BCUT2D eigenvalue weighted by atomic mass is 9.63. The molecule has 5 aliphatic rings. The Bertz CT molecular complexity index is 812. The molecule has 0 N–H and O–H groups in total. The fraction of sp³-hybridized carbons (Fsp3) is 0.368. The molecular formula is C19H15N3O2. The average Bonchev–Trinajstić information content (AvgIpc) is 3.39. The maximum Gasteiger partial charge on any atom is 0.254 e. The van der Waals surface area contributed by atoms with E-state index in [1.807, 2.05) is 0 Å². The maximum atomic E-state index is 12.7. The number of nitriles is 1. The number of allylic oxidation sites excluding steroid dienone is 2. The van der Waals surface area contributed by atoms with Crippen molar-refractivity contribution in [2.45, 2.75) is 6.42 Å². The standard InChI is InChI=1S/C19H15N3O2/c20-8-10-1-3-11(4-2-10)9-21-22-18(23)16-12-5-6-13(15-7-14(12)15)17(16)19(22)24/h1-6,9,12-17H,7H2/t12-,13-,14-,15+,16-,17+/m0/s1. The van der Waals surface area contributed by atoms with Crippen LogP contribution in [0.15, 0.2) is 41.5 Å². The Morgan fingerprint density at radius 3 is 2.17 bits per heavy atom. The van der Waals surface area contributed by atoms with Crippen LogP contribution in [-0.4, -0.2) is 23.0 Å². The lowest BCUT2D eigenvalue weighted by molar-refractivity contribution is -0.140. The molecule has 1 aliphatic heterocycles. The molecular weight excluding hydrogens is 302 g/mol. The van der Waals surface area contributed by atoms with Gasteiger partial charge in [-0.05, 0) is 47.8 Å². The Hall–Kier alpha value is -2.74. The molecule has 6 rings (SSSR count). The molecule has 118 valence electrons. The summed E-state index contributed by atoms with van der Waals surface area (Å²) in [5.41, 5.74) is 1.32. The van der Waals surface area contributed by atoms with Crippen molar-refractivity contribution in [2.24, 2.45) is 40.6 Å². The van der Waals surface area contributed by atoms with Gasteiger partial charge in [-0.1, -0.05) is 24.3 Å². The van der Waals surface area contributed by atoms with Crippen LogP contribution in [0.25, 0.3) is 0 Å². The number of carbonyl (C=O) groups excluding carboxylic acids is 2. The van der Waals surface area contributed by atoms with E-state index in [9.17, 15) is 9.59 Å². The predicted octanol–water partition coefficient (Wildman–Crippen LogP) is 1.95. The minimum atomic E-state index is -0.214. The van der Waals surface area contributed by atoms with Crippen LogP contribution < -0.4 is 0 Å². The Morgan fingerprint density at radius 2 is 1.62 bits per heavy atom. The molecule has 5 nitrogen and oxygen atoms in total. The molecule has 1 aromatic rings. The Kier molecular flexibility index (Phi) is 2.64. The summed E-state index contributed by atoms with van der Waals surface area (Å²) in [6.07, 6.45) is 6.98. The quantitative estimate of drug-likeness (QED) is 0.475. The molecule has 3 fully saturated rings. The van der Waals surface area contributed by atoms with Gasteiger partial charge < -0.3 is 0 Å². The number of imide groups is 1. The zero-order chi connectivity index (χ0) is 16.4. The number of nitrogens with zero attached hydrogens (tertiary/aromatic N) is 3. The van der Waals surface area contributed by atoms with Gasteiger partial charge in [0.05, 0.1) is 29.7 Å². The highest BCUT2D eigenvalue weighted by atomic mass is 16.2. The molecule has 2 amide bonds. The number of hydrogen-bond acceptors (Lipinski definition) is 4. The second-order valence-corrected chi connectivity index (χ2v) is 7.12. The van der Waals surface area contributed by atoms with E-state index < -0.39 is 0 Å². The highest BCUT2D eigenvalue weighted by Gasteiger charge is 2.67. The van der Waals surface area contributed by atoms with E-state index in [1.54, 1.807) is 24.3 Å². The second kappa shape index (κ2) is 4.64. The van der Waals surface area contributed by atoms with E-state index in [0.29, 0.717) is 17.4 Å². The summed E-state index contributed by atoms with van der Waals surface area (Å²) in [5, 5.41) is 14.1. The molecule has 6 atom stereocenters. The first-order valence-corrected chi connectivity index (χ1v) is 8.29. The number of hydrazone groups is 1. The van der Waals surface area contributed by atoms with Crippen molar-refractivity contribution >= 4 is 18.0 Å². The van der Waals surface area contributed by atoms with Crippen molar-refractivity contribution in [1.82, 2.24) is 5.01 Å². The minimum absolute atomic E-state index is 0.153. The summed E-state index contributed by atoms with van der Waals surface area (Å²) in [6, 6.07) is 8.93. The molecule has 24 heavy (non-hydrogen) atoms. The van der Waals surface area contributed by atoms with Gasteiger partial charge in [0.15, 0.2) is 0 Å². The molecule has 1 aromatic carbocycles. The van der Waals surface area contributed by atoms with Crippen LogP contribution in [0.1, 0.15) is 17.5 Å². The van der Waals surface area contributed by atoms with E-state index in [1.165, 1.54) is 6.21 Å². The zero-order valence-electron chi connectivity index (χ0n) is 12.9. The third-order valence-electron chi connectivity index (χ3n) is 6.00. The van der Waals surface area contributed by atoms with Crippen molar-refractivity contribution in [3.63, 3.8) is 0 Å². The summed E-state index contributed by atoms with van der Waals surface area (Å²) in [7, 11) is 0. The van der Waals surface area contributed by atoms with Crippen molar-refractivity contribution < 1.29 is 9.59 Å². The molecule has 4 aliphatic carbocycles. The summed E-state index contributed by atoms with van der Waals surface area (Å²) in [5.74, 6) is 0.900. The SMILES string of the molecule is N#Cc1ccc(C=NN2C(=O)[C@@H]3[C@H]4C=C[C@@H]([C@@H]5C[C@H]45)[C@@H]3C2=O)cc1. The van der Waals surface area contributed by atoms with Gasteiger partial charge in [0, 0.05) is 0 Å². The number of hydrogen-bond donors (Lipinski definition) is 0. The smallest absolute Gasteiger partial charge is 0.254 e. The largest absolute Gasteiger partial charge is 0.272 e. The topological polar surface area (TPSA) is 73.5 Å². The van der Waals surface area contributed by atoms with Crippen LogP contribution in [0.2, 0.25) is 0 Å². The maximum absolute atomic E-state index is 12.7. The molecule has 0 aromatic heterocycles. The van der Waals surface area contributed by atoms with Gasteiger partial charge in [-0.2, -0.15) is 15.4 Å². The summed E-state index contributed by atoms with van der Waals surface area (Å²) < 4.78 is 0. The monoisotopic (exact) mass is 317 g/mol. The summed E-state index contributed by atoms with van der Waals surface area (Å²) >= 11 is 0. The van der Waals surface area contributed by atoms with Gasteiger partial charge in [-0.25, -0.2) is 0 Å². The third-order valence-corrected chi connectivity index (χ3v) is 6.00. The van der Waals surface area contributed by atoms with Crippen molar-refractivity contribution in [3.8, 4) is 6.07 Å². The fourth-order valence-electron chi connectivity index (χ4n) is 4.82. The first-order chi connectivity index (χ1) is 11.7. The van der Waals surface area contributed by atoms with E-state index in [2.05, 4.69) is 23.3 Å². The Morgan fingerprint density at radius 1 is 1.04 bits per heavy atom. The molecule has 0 radical (unpaired) electrons. The first kappa shape index (κ1) is 13.7. The molecule has 0 unspecified atom stereocenters. The average molecular weight is 317 g/mol. The molecule has 1 heterocycles. The lowest BCUT2D eigenvalue weighted by Crippen LogP contribution is -2.40. The number of rotatable bonds is 2. The van der Waals surface area contributed by atoms with Gasteiger partial charge >= 0.3 is 0 Å². The summed E-state index contributed by atoms with van der Waals surface area (Å²) in [4.78, 5) is 25.5. The van der Waals surface area contributed by atoms with Crippen molar-refractivity contribution in [2.75, 3.05) is 0 Å². The van der Waals surface area contributed by atoms with Gasteiger partial charge in [0.2, 0.25) is 0 Å². The van der Waals surface area contributed by atoms with E-state index in [4.69, 9.17) is 5.26 Å². The van der Waals surface area contributed by atoms with Crippen LogP contribution in [0.4, 0.5) is 0 Å². The van der Waals surface area contributed by atoms with Crippen LogP contribution in [0.3, 0.4) is 0 Å². The fourth-order valence-corrected chi connectivity index (χ4v) is 4.82. The van der Waals surface area contributed by atoms with Crippen LogP contribution in [0.5, 0.6) is 0 Å². The van der Waals surface area contributed by atoms with Crippen LogP contribution in [-0.2, 0) is 9.59 Å². The van der Waals surface area contributed by atoms with E-state index in [0.717, 1.165) is 17.0 Å². The first-order valence-electron chi connectivity index (χ1n) is 8.29. The van der Waals surface area contributed by atoms with Gasteiger partial charge in [-0.3, -0.25) is 9.59 Å². The second-order valence-electron chi connectivity index (χ2n) is 7.12. The number of amides is 2. The third kappa shape index (κ3) is 1.71. The van der Waals surface area contributed by atoms with Gasteiger partial charge in [0.25, 0.3) is 11.8 Å². The molecule has 0 spiro atoms. The van der Waals surface area contributed by atoms with Crippen LogP contribution in [0, 0.1) is 46.8 Å². The molecule has 2 saturated carbocycles. The van der Waals surface area contributed by atoms with Crippen molar-refractivity contribution in [1.29, 1.82) is 5.26 Å². The lowest BCUT2D eigenvalue weighted by Gasteiger charge is -2.37. The highest BCUT2D eigenvalue weighted by molar-refractivity contribution is 6.06. The number of benzene rings is 1. The Labute approximate surface area is 139 Å². The minimum Gasteiger partial charge on any atom is -0.272 e. The highest BCUT2D eigenvalue weighted by Crippen LogP contribution is 2.65. The molecule has 1 saturated heterocycles. The Balaban J connectivity index is 1.42. The normalized spacial score (nSPS) is 38.4. The zero-order valence-corrected chi connectivity index (χ0v) is 12.9. The summed E-state index contributed by atoms with van der Waals surface area (Å²) in [6.45, 7) is 0.